The number of aryl methyl sites for hydroxylation is 1. The van der Waals surface area contributed by atoms with Crippen molar-refractivity contribution in [3.8, 4) is 0 Å². The lowest BCUT2D eigenvalue weighted by Gasteiger charge is -2.13. The highest BCUT2D eigenvalue weighted by atomic mass is 16.1. The molecule has 0 bridgehead atoms. The van der Waals surface area contributed by atoms with Gasteiger partial charge < -0.3 is 0 Å². The quantitative estimate of drug-likeness (QED) is 0.691. The molecule has 0 N–H and O–H groups in total. The fourth-order valence-corrected chi connectivity index (χ4v) is 2.98. The fourth-order valence-electron chi connectivity index (χ4n) is 2.98. The Morgan fingerprint density at radius 2 is 2.11 bits per heavy atom. The number of carbonyl (C=O) groups is 1. The van der Waals surface area contributed by atoms with Crippen molar-refractivity contribution in [2.45, 2.75) is 51.9 Å². The number of rotatable bonds is 5. The predicted octanol–water partition coefficient (Wildman–Crippen LogP) is 4.80. The second-order valence-electron chi connectivity index (χ2n) is 5.68. The van der Waals surface area contributed by atoms with Crippen LogP contribution in [0, 0.1) is 12.8 Å². The third-order valence-corrected chi connectivity index (χ3v) is 4.13. The van der Waals surface area contributed by atoms with Crippen LogP contribution in [-0.2, 0) is 4.79 Å². The third kappa shape index (κ3) is 3.79. The molecule has 0 saturated heterocycles. The molecule has 1 aromatic carbocycles. The number of allylic oxidation sites excluding steroid dienone is 2. The van der Waals surface area contributed by atoms with E-state index in [0.717, 1.165) is 12.0 Å². The zero-order valence-corrected chi connectivity index (χ0v) is 12.1. The summed E-state index contributed by atoms with van der Waals surface area (Å²) in [5.74, 6) is 0.927. The molecule has 1 heteroatoms. The maximum absolute atomic E-state index is 12.4. The molecular formula is C18H24O. The summed E-state index contributed by atoms with van der Waals surface area (Å²) in [4.78, 5) is 12.4. The first kappa shape index (κ1) is 14.0. The van der Waals surface area contributed by atoms with Crippen molar-refractivity contribution in [2.24, 2.45) is 5.92 Å². The molecule has 1 aliphatic rings. The number of hydrogen-bond donors (Lipinski definition) is 0. The Balaban J connectivity index is 2.06. The van der Waals surface area contributed by atoms with Gasteiger partial charge in [-0.25, -0.2) is 0 Å². The molecule has 1 nitrogen and oxygen atoms in total. The van der Waals surface area contributed by atoms with Gasteiger partial charge in [0.15, 0.2) is 5.78 Å². The Morgan fingerprint density at radius 3 is 2.74 bits per heavy atom. The second kappa shape index (κ2) is 6.70. The Kier molecular flexibility index (Phi) is 4.95. The van der Waals surface area contributed by atoms with Gasteiger partial charge in [-0.15, -0.1) is 0 Å². The Labute approximate surface area is 116 Å². The molecule has 2 rings (SSSR count). The van der Waals surface area contributed by atoms with Crippen molar-refractivity contribution in [3.05, 3.63) is 47.5 Å². The maximum atomic E-state index is 12.4. The van der Waals surface area contributed by atoms with Crippen molar-refractivity contribution in [2.75, 3.05) is 0 Å². The highest BCUT2D eigenvalue weighted by molar-refractivity contribution is 5.95. The molecule has 0 radical (unpaired) electrons. The third-order valence-electron chi connectivity index (χ3n) is 4.13. The molecule has 0 amide bonds. The average Bonchev–Trinajstić information content (AvgIpc) is 2.90. The number of benzene rings is 1. The lowest BCUT2D eigenvalue weighted by Crippen LogP contribution is -2.09. The first-order valence-electron chi connectivity index (χ1n) is 7.49. The Hall–Kier alpha value is -1.37. The molecule has 1 fully saturated rings. The van der Waals surface area contributed by atoms with Crippen molar-refractivity contribution >= 4 is 5.78 Å². The van der Waals surface area contributed by atoms with E-state index in [9.17, 15) is 4.79 Å². The maximum Gasteiger partial charge on any atom is 0.162 e. The second-order valence-corrected chi connectivity index (χ2v) is 5.68. The standard InChI is InChI=1S/C18H24O/c1-3-17(16-10-6-7-14(2)13-16)18(19)12-11-15-8-4-5-9-15/h6-7,10-13,15,17H,3-5,8-9H2,1-2H3/b12-11+. The van der Waals surface area contributed by atoms with Crippen LogP contribution in [0.4, 0.5) is 0 Å². The smallest absolute Gasteiger partial charge is 0.162 e. The molecule has 1 aliphatic carbocycles. The van der Waals surface area contributed by atoms with Crippen LogP contribution in [0.2, 0.25) is 0 Å². The minimum atomic E-state index is 0.0255. The van der Waals surface area contributed by atoms with Gasteiger partial charge in [-0.3, -0.25) is 4.79 Å². The molecular weight excluding hydrogens is 232 g/mol. The normalized spacial score (nSPS) is 18.0. The van der Waals surface area contributed by atoms with Crippen molar-refractivity contribution in [3.63, 3.8) is 0 Å². The molecule has 0 heterocycles. The lowest BCUT2D eigenvalue weighted by atomic mass is 9.90. The lowest BCUT2D eigenvalue weighted by molar-refractivity contribution is -0.116. The summed E-state index contributed by atoms with van der Waals surface area (Å²) in [6.45, 7) is 4.17. The zero-order valence-electron chi connectivity index (χ0n) is 12.1. The van der Waals surface area contributed by atoms with E-state index in [1.165, 1.54) is 31.2 Å². The van der Waals surface area contributed by atoms with E-state index in [1.54, 1.807) is 0 Å². The molecule has 1 saturated carbocycles. The minimum absolute atomic E-state index is 0.0255. The summed E-state index contributed by atoms with van der Waals surface area (Å²) >= 11 is 0. The molecule has 1 unspecified atom stereocenters. The molecule has 0 aromatic heterocycles. The molecule has 102 valence electrons. The van der Waals surface area contributed by atoms with Gasteiger partial charge in [0.1, 0.15) is 0 Å². The summed E-state index contributed by atoms with van der Waals surface area (Å²) in [5.41, 5.74) is 2.38. The van der Waals surface area contributed by atoms with Crippen molar-refractivity contribution < 1.29 is 4.79 Å². The van der Waals surface area contributed by atoms with Gasteiger partial charge in [0.25, 0.3) is 0 Å². The minimum Gasteiger partial charge on any atom is -0.294 e. The van der Waals surface area contributed by atoms with Crippen LogP contribution in [0.15, 0.2) is 36.4 Å². The summed E-state index contributed by atoms with van der Waals surface area (Å²) in [7, 11) is 0. The monoisotopic (exact) mass is 256 g/mol. The molecule has 0 spiro atoms. The van der Waals surface area contributed by atoms with Crippen LogP contribution in [0.5, 0.6) is 0 Å². The summed E-state index contributed by atoms with van der Waals surface area (Å²) in [6, 6.07) is 8.33. The highest BCUT2D eigenvalue weighted by Crippen LogP contribution is 2.27. The summed E-state index contributed by atoms with van der Waals surface area (Å²) < 4.78 is 0. The van der Waals surface area contributed by atoms with E-state index in [2.05, 4.69) is 38.1 Å². The van der Waals surface area contributed by atoms with Crippen molar-refractivity contribution in [1.29, 1.82) is 0 Å². The summed E-state index contributed by atoms with van der Waals surface area (Å²) in [6.07, 6.45) is 10.0. The van der Waals surface area contributed by atoms with Crippen LogP contribution in [-0.4, -0.2) is 5.78 Å². The Morgan fingerprint density at radius 1 is 1.37 bits per heavy atom. The van der Waals surface area contributed by atoms with Crippen LogP contribution >= 0.6 is 0 Å². The van der Waals surface area contributed by atoms with Crippen LogP contribution in [0.1, 0.15) is 56.1 Å². The highest BCUT2D eigenvalue weighted by Gasteiger charge is 2.17. The van der Waals surface area contributed by atoms with Gasteiger partial charge in [-0.2, -0.15) is 0 Å². The topological polar surface area (TPSA) is 17.1 Å². The average molecular weight is 256 g/mol. The Bertz CT molecular complexity index is 453. The largest absolute Gasteiger partial charge is 0.294 e. The first-order valence-corrected chi connectivity index (χ1v) is 7.49. The van der Waals surface area contributed by atoms with E-state index in [4.69, 9.17) is 0 Å². The summed E-state index contributed by atoms with van der Waals surface area (Å²) in [5, 5.41) is 0. The number of ketones is 1. The molecule has 1 atom stereocenters. The van der Waals surface area contributed by atoms with Gasteiger partial charge in [-0.1, -0.05) is 55.7 Å². The molecule has 19 heavy (non-hydrogen) atoms. The van der Waals surface area contributed by atoms with Crippen LogP contribution < -0.4 is 0 Å². The van der Waals surface area contributed by atoms with E-state index in [-0.39, 0.29) is 11.7 Å². The first-order chi connectivity index (χ1) is 9.20. The molecule has 0 aliphatic heterocycles. The van der Waals surface area contributed by atoms with E-state index in [1.807, 2.05) is 12.1 Å². The van der Waals surface area contributed by atoms with Crippen molar-refractivity contribution in [1.82, 2.24) is 0 Å². The van der Waals surface area contributed by atoms with Crippen LogP contribution in [0.25, 0.3) is 0 Å². The predicted molar refractivity (Wildman–Crippen MR) is 80.3 cm³/mol. The van der Waals surface area contributed by atoms with E-state index >= 15 is 0 Å². The van der Waals surface area contributed by atoms with E-state index < -0.39 is 0 Å². The zero-order chi connectivity index (χ0) is 13.7. The fraction of sp³-hybridized carbons (Fsp3) is 0.500. The van der Waals surface area contributed by atoms with Gasteiger partial charge in [-0.05, 0) is 43.7 Å². The van der Waals surface area contributed by atoms with Gasteiger partial charge in [0, 0.05) is 5.92 Å². The van der Waals surface area contributed by atoms with Crippen LogP contribution in [0.3, 0.4) is 0 Å². The number of hydrogen-bond acceptors (Lipinski definition) is 1. The van der Waals surface area contributed by atoms with Gasteiger partial charge >= 0.3 is 0 Å². The van der Waals surface area contributed by atoms with Gasteiger partial charge in [0.2, 0.25) is 0 Å². The molecule has 1 aromatic rings. The number of carbonyl (C=O) groups excluding carboxylic acids is 1. The SMILES string of the molecule is CCC(C(=O)/C=C/C1CCCC1)c1cccc(C)c1. The van der Waals surface area contributed by atoms with E-state index in [0.29, 0.717) is 5.92 Å². The van der Waals surface area contributed by atoms with Gasteiger partial charge in [0.05, 0.1) is 0 Å².